The first kappa shape index (κ1) is 12.3. The molecule has 0 saturated carbocycles. The van der Waals surface area contributed by atoms with Gasteiger partial charge < -0.3 is 5.11 Å². The van der Waals surface area contributed by atoms with Crippen LogP contribution in [-0.2, 0) is 9.59 Å². The lowest BCUT2D eigenvalue weighted by molar-refractivity contribution is -0.139. The van der Waals surface area contributed by atoms with Gasteiger partial charge >= 0.3 is 5.97 Å². The molecule has 4 heteroatoms. The smallest absolute Gasteiger partial charge is 0.310 e. The molecule has 4 nitrogen and oxygen atoms in total. The third kappa shape index (κ3) is 8.39. The summed E-state index contributed by atoms with van der Waals surface area (Å²) in [7, 11) is 0. The summed E-state index contributed by atoms with van der Waals surface area (Å²) in [5, 5.41) is 7.86. The van der Waals surface area contributed by atoms with Crippen molar-refractivity contribution >= 4 is 11.8 Å². The third-order valence-electron chi connectivity index (χ3n) is 1.21. The van der Waals surface area contributed by atoms with Gasteiger partial charge in [-0.1, -0.05) is 6.07 Å². The lowest BCUT2D eigenvalue weighted by Gasteiger charge is -1.82. The van der Waals surface area contributed by atoms with Crippen LogP contribution in [0.4, 0.5) is 0 Å². The molecule has 1 N–H and O–H groups in total. The summed E-state index contributed by atoms with van der Waals surface area (Å²) in [5.74, 6) is -1.37. The molecule has 1 rings (SSSR count). The number of aryl methyl sites for hydroxylation is 1. The van der Waals surface area contributed by atoms with Gasteiger partial charge in [0.2, 0.25) is 0 Å². The Labute approximate surface area is 82.6 Å². The van der Waals surface area contributed by atoms with Gasteiger partial charge in [0.1, 0.15) is 12.2 Å². The molecule has 0 aliphatic heterocycles. The number of hydrogen-bond acceptors (Lipinski definition) is 3. The fraction of sp³-hybridized carbons (Fsp3) is 0.300. The van der Waals surface area contributed by atoms with E-state index < -0.39 is 5.97 Å². The van der Waals surface area contributed by atoms with E-state index in [2.05, 4.69) is 4.98 Å². The van der Waals surface area contributed by atoms with Gasteiger partial charge in [-0.05, 0) is 26.0 Å². The van der Waals surface area contributed by atoms with Crippen LogP contribution in [0, 0.1) is 6.92 Å². The van der Waals surface area contributed by atoms with E-state index in [0.717, 1.165) is 5.69 Å². The number of carboxylic acids is 1. The van der Waals surface area contributed by atoms with Gasteiger partial charge in [-0.3, -0.25) is 14.6 Å². The predicted molar refractivity (Wildman–Crippen MR) is 51.9 cm³/mol. The minimum Gasteiger partial charge on any atom is -0.481 e. The number of ketones is 1. The molecular weight excluding hydrogens is 182 g/mol. The summed E-state index contributed by atoms with van der Waals surface area (Å²) in [6.45, 7) is 3.22. The number of Topliss-reactive ketones (excluding diaryl/α,β-unsaturated/α-hetero) is 1. The number of nitrogens with zero attached hydrogens (tertiary/aromatic N) is 1. The Morgan fingerprint density at radius 2 is 2.07 bits per heavy atom. The number of aromatic nitrogens is 1. The molecule has 0 unspecified atom stereocenters. The standard InChI is InChI=1S/C6H7N.C4H6O3/c1-6-4-2-3-5-7-6;1-3(5)2-4(6)7/h2-5H,1H3;2H2,1H3,(H,6,7). The molecule has 0 bridgehead atoms. The molecule has 0 aliphatic rings. The van der Waals surface area contributed by atoms with Gasteiger partial charge in [-0.15, -0.1) is 0 Å². The molecule has 14 heavy (non-hydrogen) atoms. The number of pyridine rings is 1. The van der Waals surface area contributed by atoms with E-state index >= 15 is 0 Å². The normalized spacial score (nSPS) is 8.43. The predicted octanol–water partition coefficient (Wildman–Crippen LogP) is 1.44. The Kier molecular flexibility index (Phi) is 5.94. The molecule has 1 aromatic rings. The fourth-order valence-corrected chi connectivity index (χ4v) is 0.661. The third-order valence-corrected chi connectivity index (χ3v) is 1.21. The van der Waals surface area contributed by atoms with Crippen LogP contribution < -0.4 is 0 Å². The monoisotopic (exact) mass is 195 g/mol. The molecule has 0 aromatic carbocycles. The van der Waals surface area contributed by atoms with Crippen LogP contribution in [0.15, 0.2) is 24.4 Å². The van der Waals surface area contributed by atoms with Crippen molar-refractivity contribution in [3.05, 3.63) is 30.1 Å². The Morgan fingerprint density at radius 3 is 2.21 bits per heavy atom. The van der Waals surface area contributed by atoms with Gasteiger partial charge in [0, 0.05) is 11.9 Å². The van der Waals surface area contributed by atoms with Crippen molar-refractivity contribution < 1.29 is 14.7 Å². The second kappa shape index (κ2) is 6.77. The van der Waals surface area contributed by atoms with E-state index in [1.807, 2.05) is 25.1 Å². The van der Waals surface area contributed by atoms with Crippen LogP contribution in [0.25, 0.3) is 0 Å². The van der Waals surface area contributed by atoms with Crippen LogP contribution in [0.2, 0.25) is 0 Å². The molecule has 0 saturated heterocycles. The summed E-state index contributed by atoms with van der Waals surface area (Å²) in [6.07, 6.45) is 1.43. The lowest BCUT2D eigenvalue weighted by atomic mass is 10.3. The second-order valence-corrected chi connectivity index (χ2v) is 2.74. The highest BCUT2D eigenvalue weighted by atomic mass is 16.4. The van der Waals surface area contributed by atoms with Gasteiger partial charge in [0.25, 0.3) is 0 Å². The molecule has 0 atom stereocenters. The maximum absolute atomic E-state index is 9.87. The molecule has 0 fully saturated rings. The lowest BCUT2D eigenvalue weighted by Crippen LogP contribution is -2.00. The Bertz CT molecular complexity index is 283. The minimum atomic E-state index is -1.06. The summed E-state index contributed by atoms with van der Waals surface area (Å²) in [6, 6.07) is 5.86. The second-order valence-electron chi connectivity index (χ2n) is 2.74. The molecule has 1 aromatic heterocycles. The number of rotatable bonds is 2. The van der Waals surface area contributed by atoms with Gasteiger partial charge in [-0.25, -0.2) is 0 Å². The fourth-order valence-electron chi connectivity index (χ4n) is 0.661. The van der Waals surface area contributed by atoms with Crippen molar-refractivity contribution in [2.45, 2.75) is 20.3 Å². The van der Waals surface area contributed by atoms with Crippen molar-refractivity contribution in [1.29, 1.82) is 0 Å². The number of carboxylic acid groups (broad SMARTS) is 1. The van der Waals surface area contributed by atoms with Crippen molar-refractivity contribution in [3.63, 3.8) is 0 Å². The quantitative estimate of drug-likeness (QED) is 0.725. The highest BCUT2D eigenvalue weighted by Gasteiger charge is 1.98. The van der Waals surface area contributed by atoms with E-state index in [0.29, 0.717) is 0 Å². The highest BCUT2D eigenvalue weighted by Crippen LogP contribution is 1.86. The van der Waals surface area contributed by atoms with E-state index in [1.54, 1.807) is 6.20 Å². The van der Waals surface area contributed by atoms with E-state index in [9.17, 15) is 9.59 Å². The maximum Gasteiger partial charge on any atom is 0.310 e. The van der Waals surface area contributed by atoms with E-state index in [-0.39, 0.29) is 12.2 Å². The van der Waals surface area contributed by atoms with Crippen molar-refractivity contribution in [1.82, 2.24) is 4.98 Å². The SMILES string of the molecule is CC(=O)CC(=O)O.Cc1ccccn1. The average Bonchev–Trinajstić information content (AvgIpc) is 2.03. The Balaban J connectivity index is 0.000000241. The first-order valence-corrected chi connectivity index (χ1v) is 4.11. The van der Waals surface area contributed by atoms with Crippen LogP contribution >= 0.6 is 0 Å². The van der Waals surface area contributed by atoms with Crippen LogP contribution in [0.5, 0.6) is 0 Å². The van der Waals surface area contributed by atoms with E-state index in [4.69, 9.17) is 5.11 Å². The van der Waals surface area contributed by atoms with Gasteiger partial charge in [0.15, 0.2) is 0 Å². The molecule has 0 aliphatic carbocycles. The number of aliphatic carboxylic acids is 1. The summed E-state index contributed by atoms with van der Waals surface area (Å²) in [4.78, 5) is 23.4. The number of hydrogen-bond donors (Lipinski definition) is 1. The number of carbonyl (C=O) groups excluding carboxylic acids is 1. The highest BCUT2D eigenvalue weighted by molar-refractivity contribution is 5.93. The van der Waals surface area contributed by atoms with Gasteiger partial charge in [0.05, 0.1) is 0 Å². The van der Waals surface area contributed by atoms with Crippen LogP contribution in [0.3, 0.4) is 0 Å². The zero-order valence-corrected chi connectivity index (χ0v) is 8.23. The van der Waals surface area contributed by atoms with E-state index in [1.165, 1.54) is 6.92 Å². The first-order chi connectivity index (χ1) is 6.52. The van der Waals surface area contributed by atoms with Crippen molar-refractivity contribution in [2.75, 3.05) is 0 Å². The molecular formula is C10H13NO3. The van der Waals surface area contributed by atoms with Crippen LogP contribution in [0.1, 0.15) is 19.0 Å². The largest absolute Gasteiger partial charge is 0.481 e. The van der Waals surface area contributed by atoms with Crippen molar-refractivity contribution in [2.24, 2.45) is 0 Å². The maximum atomic E-state index is 9.87. The zero-order valence-electron chi connectivity index (χ0n) is 8.23. The summed E-state index contributed by atoms with van der Waals surface area (Å²) >= 11 is 0. The Hall–Kier alpha value is -1.71. The molecule has 1 heterocycles. The average molecular weight is 195 g/mol. The zero-order chi connectivity index (χ0) is 11.0. The minimum absolute atomic E-state index is 0.312. The molecule has 0 amide bonds. The van der Waals surface area contributed by atoms with Crippen LogP contribution in [-0.4, -0.2) is 21.8 Å². The summed E-state index contributed by atoms with van der Waals surface area (Å²) < 4.78 is 0. The molecule has 0 radical (unpaired) electrons. The van der Waals surface area contributed by atoms with Gasteiger partial charge in [-0.2, -0.15) is 0 Å². The molecule has 76 valence electrons. The Morgan fingerprint density at radius 1 is 1.43 bits per heavy atom. The number of carbonyl (C=O) groups is 2. The first-order valence-electron chi connectivity index (χ1n) is 4.11. The molecule has 0 spiro atoms. The van der Waals surface area contributed by atoms with Crippen molar-refractivity contribution in [3.8, 4) is 0 Å². The summed E-state index contributed by atoms with van der Waals surface area (Å²) in [5.41, 5.74) is 1.07. The topological polar surface area (TPSA) is 67.3 Å².